The van der Waals surface area contributed by atoms with Gasteiger partial charge in [-0.1, -0.05) is 52.0 Å². The van der Waals surface area contributed by atoms with Gasteiger partial charge >= 0.3 is 0 Å². The van der Waals surface area contributed by atoms with E-state index in [4.69, 9.17) is 4.74 Å². The van der Waals surface area contributed by atoms with Gasteiger partial charge < -0.3 is 4.74 Å². The highest BCUT2D eigenvalue weighted by molar-refractivity contribution is 5.33. The van der Waals surface area contributed by atoms with Crippen LogP contribution in [0.3, 0.4) is 0 Å². The molecule has 2 heterocycles. The van der Waals surface area contributed by atoms with E-state index in [9.17, 15) is 0 Å². The number of aromatic nitrogens is 3. The van der Waals surface area contributed by atoms with E-state index in [0.29, 0.717) is 5.92 Å². The molecule has 0 N–H and O–H groups in total. The fraction of sp³-hybridized carbons (Fsp3) is 0.529. The summed E-state index contributed by atoms with van der Waals surface area (Å²) in [6.07, 6.45) is 3.47. The van der Waals surface area contributed by atoms with E-state index < -0.39 is 5.72 Å². The van der Waals surface area contributed by atoms with Gasteiger partial charge in [0.25, 0.3) is 0 Å². The van der Waals surface area contributed by atoms with E-state index in [0.717, 1.165) is 5.56 Å². The van der Waals surface area contributed by atoms with Crippen LogP contribution in [0.4, 0.5) is 0 Å². The maximum atomic E-state index is 6.23. The zero-order valence-electron chi connectivity index (χ0n) is 13.4. The lowest BCUT2D eigenvalue weighted by Gasteiger charge is -2.59. The Balaban J connectivity index is 2.10. The summed E-state index contributed by atoms with van der Waals surface area (Å²) in [6.45, 7) is 11.0. The third-order valence-electron chi connectivity index (χ3n) is 4.95. The van der Waals surface area contributed by atoms with E-state index in [2.05, 4.69) is 69.0 Å². The molecule has 0 radical (unpaired) electrons. The Morgan fingerprint density at radius 1 is 1.19 bits per heavy atom. The van der Waals surface area contributed by atoms with Gasteiger partial charge in [-0.15, -0.1) is 0 Å². The van der Waals surface area contributed by atoms with Crippen LogP contribution in [-0.2, 0) is 10.5 Å². The van der Waals surface area contributed by atoms with Crippen molar-refractivity contribution in [2.45, 2.75) is 52.4 Å². The third-order valence-corrected chi connectivity index (χ3v) is 4.95. The van der Waals surface area contributed by atoms with Crippen LogP contribution in [0.2, 0.25) is 0 Å². The summed E-state index contributed by atoms with van der Waals surface area (Å²) in [5.41, 5.74) is 1.83. The summed E-state index contributed by atoms with van der Waals surface area (Å²) in [6, 6.07) is 8.68. The van der Waals surface area contributed by atoms with Gasteiger partial charge in [-0.3, -0.25) is 0 Å². The average Bonchev–Trinajstić information content (AvgIpc) is 2.98. The number of rotatable bonds is 3. The quantitative estimate of drug-likeness (QED) is 0.866. The highest BCUT2D eigenvalue weighted by Crippen LogP contribution is 2.56. The molecule has 0 amide bonds. The first-order valence-corrected chi connectivity index (χ1v) is 7.53. The predicted molar refractivity (Wildman–Crippen MR) is 82.0 cm³/mol. The van der Waals surface area contributed by atoms with Crippen LogP contribution in [0, 0.1) is 5.41 Å². The SMILES string of the molecule is CC(C)c1ccc(C2(n3cncn3)OC(C)C2(C)C)cc1. The van der Waals surface area contributed by atoms with Crippen LogP contribution in [0.25, 0.3) is 0 Å². The molecule has 1 fully saturated rings. The normalized spacial score (nSPS) is 27.6. The van der Waals surface area contributed by atoms with E-state index in [1.807, 2.05) is 4.68 Å². The summed E-state index contributed by atoms with van der Waals surface area (Å²) < 4.78 is 8.08. The van der Waals surface area contributed by atoms with Gasteiger partial charge in [0.1, 0.15) is 12.7 Å². The summed E-state index contributed by atoms with van der Waals surface area (Å²) in [7, 11) is 0. The lowest BCUT2D eigenvalue weighted by atomic mass is 9.67. The summed E-state index contributed by atoms with van der Waals surface area (Å²) in [5, 5.41) is 4.35. The van der Waals surface area contributed by atoms with Crippen molar-refractivity contribution in [1.82, 2.24) is 14.8 Å². The molecule has 3 rings (SSSR count). The van der Waals surface area contributed by atoms with Crippen LogP contribution in [-0.4, -0.2) is 20.9 Å². The molecule has 4 nitrogen and oxygen atoms in total. The second-order valence-electron chi connectivity index (χ2n) is 6.74. The van der Waals surface area contributed by atoms with Crippen LogP contribution >= 0.6 is 0 Å². The zero-order valence-corrected chi connectivity index (χ0v) is 13.4. The predicted octanol–water partition coefficient (Wildman–Crippen LogP) is 3.55. The van der Waals surface area contributed by atoms with E-state index in [-0.39, 0.29) is 11.5 Å². The summed E-state index contributed by atoms with van der Waals surface area (Å²) in [4.78, 5) is 4.10. The monoisotopic (exact) mass is 285 g/mol. The van der Waals surface area contributed by atoms with Crippen molar-refractivity contribution in [2.75, 3.05) is 0 Å². The molecule has 1 saturated heterocycles. The average molecular weight is 285 g/mol. The molecule has 1 aliphatic rings. The Kier molecular flexibility index (Phi) is 3.17. The molecule has 1 aliphatic heterocycles. The topological polar surface area (TPSA) is 39.9 Å². The molecular formula is C17H23N3O. The van der Waals surface area contributed by atoms with Crippen LogP contribution in [0.1, 0.15) is 51.7 Å². The van der Waals surface area contributed by atoms with Gasteiger partial charge in [0.15, 0.2) is 5.72 Å². The lowest BCUT2D eigenvalue weighted by molar-refractivity contribution is -0.329. The van der Waals surface area contributed by atoms with Gasteiger partial charge in [-0.05, 0) is 18.4 Å². The smallest absolute Gasteiger partial charge is 0.196 e. The Morgan fingerprint density at radius 2 is 1.86 bits per heavy atom. The first kappa shape index (κ1) is 14.3. The molecule has 0 spiro atoms. The van der Waals surface area contributed by atoms with E-state index in [1.54, 1.807) is 12.7 Å². The van der Waals surface area contributed by atoms with Crippen molar-refractivity contribution < 1.29 is 4.74 Å². The molecule has 2 unspecified atom stereocenters. The lowest BCUT2D eigenvalue weighted by Crippen LogP contribution is -2.66. The Labute approximate surface area is 126 Å². The summed E-state index contributed by atoms with van der Waals surface area (Å²) in [5.74, 6) is 0.524. The molecule has 112 valence electrons. The van der Waals surface area contributed by atoms with Gasteiger partial charge in [-0.2, -0.15) is 5.10 Å². The van der Waals surface area contributed by atoms with Gasteiger partial charge in [0, 0.05) is 11.0 Å². The Morgan fingerprint density at radius 3 is 2.29 bits per heavy atom. The molecule has 0 bridgehead atoms. The van der Waals surface area contributed by atoms with Crippen molar-refractivity contribution in [3.05, 3.63) is 48.0 Å². The number of hydrogen-bond donors (Lipinski definition) is 0. The molecule has 2 atom stereocenters. The van der Waals surface area contributed by atoms with Crippen molar-refractivity contribution >= 4 is 0 Å². The molecule has 21 heavy (non-hydrogen) atoms. The third kappa shape index (κ3) is 1.85. The number of nitrogens with zero attached hydrogens (tertiary/aromatic N) is 3. The Bertz CT molecular complexity index is 616. The Hall–Kier alpha value is -1.68. The number of benzene rings is 1. The first-order chi connectivity index (χ1) is 9.89. The van der Waals surface area contributed by atoms with Crippen molar-refractivity contribution in [3.63, 3.8) is 0 Å². The van der Waals surface area contributed by atoms with Crippen molar-refractivity contribution in [2.24, 2.45) is 5.41 Å². The first-order valence-electron chi connectivity index (χ1n) is 7.53. The fourth-order valence-electron chi connectivity index (χ4n) is 3.16. The second-order valence-corrected chi connectivity index (χ2v) is 6.74. The van der Waals surface area contributed by atoms with Gasteiger partial charge in [0.05, 0.1) is 6.10 Å². The maximum Gasteiger partial charge on any atom is 0.196 e. The fourth-order valence-corrected chi connectivity index (χ4v) is 3.16. The minimum Gasteiger partial charge on any atom is -0.345 e. The van der Waals surface area contributed by atoms with Gasteiger partial charge in [-0.25, -0.2) is 9.67 Å². The van der Waals surface area contributed by atoms with E-state index >= 15 is 0 Å². The number of ether oxygens (including phenoxy) is 1. The summed E-state index contributed by atoms with van der Waals surface area (Å²) >= 11 is 0. The van der Waals surface area contributed by atoms with Crippen molar-refractivity contribution in [1.29, 1.82) is 0 Å². The highest BCUT2D eigenvalue weighted by Gasteiger charge is 2.63. The number of hydrogen-bond acceptors (Lipinski definition) is 3. The van der Waals surface area contributed by atoms with Crippen LogP contribution < -0.4 is 0 Å². The standard InChI is InChI=1S/C17H23N3O/c1-12(2)14-6-8-15(9-7-14)17(20-11-18-10-19-20)16(4,5)13(3)21-17/h6-13H,1-5H3. The van der Waals surface area contributed by atoms with Crippen LogP contribution in [0.5, 0.6) is 0 Å². The highest BCUT2D eigenvalue weighted by atomic mass is 16.6. The molecule has 1 aromatic heterocycles. The van der Waals surface area contributed by atoms with E-state index in [1.165, 1.54) is 5.56 Å². The zero-order chi connectivity index (χ0) is 15.3. The van der Waals surface area contributed by atoms with Crippen molar-refractivity contribution in [3.8, 4) is 0 Å². The largest absolute Gasteiger partial charge is 0.345 e. The molecular weight excluding hydrogens is 262 g/mol. The van der Waals surface area contributed by atoms with Gasteiger partial charge in [0.2, 0.25) is 0 Å². The molecule has 2 aromatic rings. The van der Waals surface area contributed by atoms with Crippen LogP contribution in [0.15, 0.2) is 36.9 Å². The molecule has 0 saturated carbocycles. The second kappa shape index (κ2) is 4.67. The molecule has 4 heteroatoms. The minimum atomic E-state index is -0.571. The molecule has 1 aromatic carbocycles. The minimum absolute atomic E-state index is 0.0555. The molecule has 0 aliphatic carbocycles. The maximum absolute atomic E-state index is 6.23.